The second kappa shape index (κ2) is 8.90. The van der Waals surface area contributed by atoms with Gasteiger partial charge >= 0.3 is 5.97 Å². The van der Waals surface area contributed by atoms with Crippen LogP contribution >= 0.6 is 35.0 Å². The Morgan fingerprint density at radius 1 is 1.14 bits per heavy atom. The van der Waals surface area contributed by atoms with Crippen molar-refractivity contribution in [2.75, 3.05) is 7.11 Å². The molecule has 0 radical (unpaired) electrons. The molecule has 29 heavy (non-hydrogen) atoms. The number of halogens is 2. The minimum absolute atomic E-state index is 0.0483. The van der Waals surface area contributed by atoms with Crippen molar-refractivity contribution in [1.82, 2.24) is 4.90 Å². The molecule has 150 valence electrons. The maximum absolute atomic E-state index is 12.7. The van der Waals surface area contributed by atoms with Crippen LogP contribution < -0.4 is 9.47 Å². The summed E-state index contributed by atoms with van der Waals surface area (Å²) in [6, 6.07) is 9.71. The van der Waals surface area contributed by atoms with E-state index < -0.39 is 17.1 Å². The number of imide groups is 1. The van der Waals surface area contributed by atoms with Crippen LogP contribution in [0.3, 0.4) is 0 Å². The Kier molecular flexibility index (Phi) is 6.52. The van der Waals surface area contributed by atoms with E-state index in [-0.39, 0.29) is 17.2 Å². The van der Waals surface area contributed by atoms with Gasteiger partial charge in [-0.25, -0.2) is 0 Å². The third-order valence-corrected chi connectivity index (χ3v) is 5.45. The van der Waals surface area contributed by atoms with E-state index in [9.17, 15) is 14.4 Å². The molecule has 9 heteroatoms. The highest BCUT2D eigenvalue weighted by Gasteiger charge is 2.35. The molecule has 1 aliphatic heterocycles. The number of rotatable bonds is 5. The molecule has 2 aromatic rings. The van der Waals surface area contributed by atoms with Crippen LogP contribution in [0.5, 0.6) is 11.5 Å². The number of benzene rings is 2. The number of ether oxygens (including phenoxy) is 2. The normalized spacial score (nSPS) is 15.2. The van der Waals surface area contributed by atoms with Gasteiger partial charge in [-0.2, -0.15) is 0 Å². The summed E-state index contributed by atoms with van der Waals surface area (Å²) in [5, 5.41) is 0.459. The molecule has 0 spiro atoms. The first-order valence-corrected chi connectivity index (χ1v) is 9.91. The van der Waals surface area contributed by atoms with E-state index in [0.717, 1.165) is 16.7 Å². The number of amides is 2. The van der Waals surface area contributed by atoms with Crippen LogP contribution in [0.15, 0.2) is 41.3 Å². The molecule has 1 fully saturated rings. The average molecular weight is 452 g/mol. The minimum atomic E-state index is -0.474. The van der Waals surface area contributed by atoms with Crippen molar-refractivity contribution in [1.29, 1.82) is 0 Å². The maximum atomic E-state index is 12.7. The van der Waals surface area contributed by atoms with Crippen molar-refractivity contribution in [2.45, 2.75) is 13.5 Å². The number of carbonyl (C=O) groups is 3. The highest BCUT2D eigenvalue weighted by Crippen LogP contribution is 2.36. The lowest BCUT2D eigenvalue weighted by atomic mass is 10.1. The van der Waals surface area contributed by atoms with E-state index in [0.29, 0.717) is 26.9 Å². The molecule has 2 aromatic carbocycles. The Balaban J connectivity index is 1.83. The van der Waals surface area contributed by atoms with Gasteiger partial charge in [0.1, 0.15) is 0 Å². The van der Waals surface area contributed by atoms with Crippen LogP contribution in [-0.2, 0) is 16.1 Å². The zero-order chi connectivity index (χ0) is 21.1. The van der Waals surface area contributed by atoms with Crippen molar-refractivity contribution in [2.24, 2.45) is 0 Å². The standard InChI is InChI=1S/C20H15Cl2NO5S/c1-11(24)28-16-6-3-12(7-17(16)27-2)8-18-19(25)23(20(26)29-18)10-13-4-5-14(21)9-15(13)22/h3-9H,10H2,1-2H3/b18-8-. The zero-order valence-corrected chi connectivity index (χ0v) is 17.7. The number of hydrogen-bond donors (Lipinski definition) is 0. The molecule has 1 heterocycles. The molecular weight excluding hydrogens is 437 g/mol. The third kappa shape index (κ3) is 4.93. The van der Waals surface area contributed by atoms with Crippen molar-refractivity contribution < 1.29 is 23.9 Å². The van der Waals surface area contributed by atoms with E-state index >= 15 is 0 Å². The van der Waals surface area contributed by atoms with Crippen LogP contribution in [0.2, 0.25) is 10.0 Å². The van der Waals surface area contributed by atoms with Crippen molar-refractivity contribution in [3.63, 3.8) is 0 Å². The van der Waals surface area contributed by atoms with Crippen LogP contribution in [0.1, 0.15) is 18.1 Å². The van der Waals surface area contributed by atoms with Crippen LogP contribution in [-0.4, -0.2) is 29.1 Å². The second-order valence-electron chi connectivity index (χ2n) is 6.01. The Bertz CT molecular complexity index is 1040. The van der Waals surface area contributed by atoms with Crippen molar-refractivity contribution in [3.05, 3.63) is 62.5 Å². The smallest absolute Gasteiger partial charge is 0.308 e. The van der Waals surface area contributed by atoms with E-state index in [4.69, 9.17) is 32.7 Å². The van der Waals surface area contributed by atoms with Gasteiger partial charge in [-0.05, 0) is 53.2 Å². The second-order valence-corrected chi connectivity index (χ2v) is 7.84. The summed E-state index contributed by atoms with van der Waals surface area (Å²) < 4.78 is 10.3. The lowest BCUT2D eigenvalue weighted by Crippen LogP contribution is -2.27. The van der Waals surface area contributed by atoms with Gasteiger partial charge in [0.15, 0.2) is 11.5 Å². The van der Waals surface area contributed by atoms with E-state index in [1.807, 2.05) is 0 Å². The van der Waals surface area contributed by atoms with E-state index in [2.05, 4.69) is 0 Å². The number of carbonyl (C=O) groups excluding carboxylic acids is 3. The largest absolute Gasteiger partial charge is 0.493 e. The van der Waals surface area contributed by atoms with Gasteiger partial charge in [0.25, 0.3) is 11.1 Å². The number of thioether (sulfide) groups is 1. The molecule has 2 amide bonds. The molecule has 1 aliphatic rings. The maximum Gasteiger partial charge on any atom is 0.308 e. The highest BCUT2D eigenvalue weighted by atomic mass is 35.5. The fourth-order valence-corrected chi connectivity index (χ4v) is 3.93. The minimum Gasteiger partial charge on any atom is -0.493 e. The van der Waals surface area contributed by atoms with E-state index in [1.54, 1.807) is 42.5 Å². The Hall–Kier alpha value is -2.48. The van der Waals surface area contributed by atoms with Crippen LogP contribution in [0.25, 0.3) is 6.08 Å². The Morgan fingerprint density at radius 3 is 2.55 bits per heavy atom. The number of hydrogen-bond acceptors (Lipinski definition) is 6. The van der Waals surface area contributed by atoms with Crippen LogP contribution in [0, 0.1) is 0 Å². The summed E-state index contributed by atoms with van der Waals surface area (Å²) in [6.45, 7) is 1.34. The molecule has 0 aromatic heterocycles. The van der Waals surface area contributed by atoms with Gasteiger partial charge in [0, 0.05) is 17.0 Å². The molecule has 1 saturated heterocycles. The molecule has 0 bridgehead atoms. The number of methoxy groups -OCH3 is 1. The highest BCUT2D eigenvalue weighted by molar-refractivity contribution is 8.18. The molecule has 3 rings (SSSR count). The van der Waals surface area contributed by atoms with Gasteiger partial charge < -0.3 is 9.47 Å². The lowest BCUT2D eigenvalue weighted by Gasteiger charge is -2.13. The summed E-state index contributed by atoms with van der Waals surface area (Å²) in [4.78, 5) is 37.6. The average Bonchev–Trinajstić information content (AvgIpc) is 2.92. The van der Waals surface area contributed by atoms with Gasteiger partial charge in [-0.1, -0.05) is 35.3 Å². The molecule has 0 unspecified atom stereocenters. The molecule has 0 N–H and O–H groups in total. The molecule has 0 atom stereocenters. The molecular formula is C20H15Cl2NO5S. The zero-order valence-electron chi connectivity index (χ0n) is 15.4. The number of esters is 1. The quantitative estimate of drug-likeness (QED) is 0.354. The Labute approximate surface area is 181 Å². The SMILES string of the molecule is COc1cc(/C=C2\SC(=O)N(Cc3ccc(Cl)cc3Cl)C2=O)ccc1OC(C)=O. The van der Waals surface area contributed by atoms with Gasteiger partial charge in [-0.15, -0.1) is 0 Å². The fourth-order valence-electron chi connectivity index (χ4n) is 2.62. The molecule has 6 nitrogen and oxygen atoms in total. The predicted molar refractivity (Wildman–Crippen MR) is 112 cm³/mol. The Morgan fingerprint density at radius 2 is 1.90 bits per heavy atom. The summed E-state index contributed by atoms with van der Waals surface area (Å²) in [5.41, 5.74) is 1.24. The van der Waals surface area contributed by atoms with Crippen molar-refractivity contribution >= 4 is 58.2 Å². The third-order valence-electron chi connectivity index (χ3n) is 3.96. The molecule has 0 saturated carbocycles. The number of nitrogens with zero attached hydrogens (tertiary/aromatic N) is 1. The van der Waals surface area contributed by atoms with Crippen LogP contribution in [0.4, 0.5) is 4.79 Å². The summed E-state index contributed by atoms with van der Waals surface area (Å²) in [6.07, 6.45) is 1.58. The molecule has 0 aliphatic carbocycles. The lowest BCUT2D eigenvalue weighted by molar-refractivity contribution is -0.132. The summed E-state index contributed by atoms with van der Waals surface area (Å²) in [5.74, 6) is -0.296. The van der Waals surface area contributed by atoms with Crippen molar-refractivity contribution in [3.8, 4) is 11.5 Å². The van der Waals surface area contributed by atoms with Gasteiger partial charge in [0.2, 0.25) is 0 Å². The van der Waals surface area contributed by atoms with E-state index in [1.165, 1.54) is 14.0 Å². The monoisotopic (exact) mass is 451 g/mol. The first kappa shape index (κ1) is 21.2. The first-order chi connectivity index (χ1) is 13.8. The summed E-state index contributed by atoms with van der Waals surface area (Å²) >= 11 is 12.9. The summed E-state index contributed by atoms with van der Waals surface area (Å²) in [7, 11) is 1.44. The van der Waals surface area contributed by atoms with Gasteiger partial charge in [-0.3, -0.25) is 19.3 Å². The fraction of sp³-hybridized carbons (Fsp3) is 0.150. The first-order valence-electron chi connectivity index (χ1n) is 8.34. The topological polar surface area (TPSA) is 72.9 Å². The van der Waals surface area contributed by atoms with Gasteiger partial charge in [0.05, 0.1) is 18.6 Å². The predicted octanol–water partition coefficient (Wildman–Crippen LogP) is 5.16.